The van der Waals surface area contributed by atoms with Crippen LogP contribution in [0.1, 0.15) is 44.1 Å². The number of hydrogen-bond donors (Lipinski definition) is 2. The lowest BCUT2D eigenvalue weighted by Gasteiger charge is -2.16. The number of benzene rings is 1. The molecule has 106 valence electrons. The van der Waals surface area contributed by atoms with Gasteiger partial charge in [0.15, 0.2) is 0 Å². The summed E-state index contributed by atoms with van der Waals surface area (Å²) in [5.41, 5.74) is 1.00. The van der Waals surface area contributed by atoms with Crippen molar-refractivity contribution >= 4 is 21.7 Å². The summed E-state index contributed by atoms with van der Waals surface area (Å²) in [6, 6.07) is 9.62. The average Bonchev–Trinajstić information content (AvgIpc) is 2.37. The molecule has 0 saturated heterocycles. The highest BCUT2D eigenvalue weighted by Crippen LogP contribution is 2.21. The monoisotopic (exact) mass is 335 g/mol. The first-order valence-corrected chi connectivity index (χ1v) is 7.38. The Morgan fingerprint density at radius 2 is 2.00 bits per heavy atom. The number of halogens is 1. The quantitative estimate of drug-likeness (QED) is 0.892. The number of rotatable bonds is 4. The van der Waals surface area contributed by atoms with Gasteiger partial charge in [-0.15, -0.1) is 0 Å². The third-order valence-corrected chi connectivity index (χ3v) is 3.51. The van der Waals surface area contributed by atoms with Crippen molar-refractivity contribution in [2.75, 3.05) is 5.32 Å². The van der Waals surface area contributed by atoms with Crippen LogP contribution in [-0.2, 0) is 0 Å². The lowest BCUT2D eigenvalue weighted by molar-refractivity contribution is 0.761. The zero-order valence-corrected chi connectivity index (χ0v) is 13.4. The lowest BCUT2D eigenvalue weighted by Crippen LogP contribution is -2.16. The second-order valence-electron chi connectivity index (χ2n) is 5.09. The minimum atomic E-state index is -0.132. The van der Waals surface area contributed by atoms with E-state index in [1.54, 1.807) is 0 Å². The number of nitrogens with one attached hydrogen (secondary N) is 2. The molecule has 0 bridgehead atoms. The maximum atomic E-state index is 11.6. The highest BCUT2D eigenvalue weighted by atomic mass is 79.9. The van der Waals surface area contributed by atoms with Crippen molar-refractivity contribution in [1.29, 1.82) is 0 Å². The summed E-state index contributed by atoms with van der Waals surface area (Å²) >= 11 is 3.46. The van der Waals surface area contributed by atoms with E-state index in [1.165, 1.54) is 6.07 Å². The molecule has 20 heavy (non-hydrogen) atoms. The van der Waals surface area contributed by atoms with E-state index in [0.717, 1.165) is 10.0 Å². The van der Waals surface area contributed by atoms with E-state index in [9.17, 15) is 4.79 Å². The van der Waals surface area contributed by atoms with Gasteiger partial charge < -0.3 is 10.3 Å². The van der Waals surface area contributed by atoms with Crippen molar-refractivity contribution < 1.29 is 0 Å². The molecule has 1 heterocycles. The minimum absolute atomic E-state index is 0.0711. The van der Waals surface area contributed by atoms with Crippen molar-refractivity contribution in [1.82, 2.24) is 9.97 Å². The zero-order valence-electron chi connectivity index (χ0n) is 11.8. The van der Waals surface area contributed by atoms with E-state index in [0.29, 0.717) is 11.6 Å². The van der Waals surface area contributed by atoms with Crippen molar-refractivity contribution in [2.45, 2.75) is 32.7 Å². The first kappa shape index (κ1) is 14.8. The maximum absolute atomic E-state index is 11.6. The molecule has 5 heteroatoms. The average molecular weight is 336 g/mol. The fourth-order valence-electron chi connectivity index (χ4n) is 1.90. The van der Waals surface area contributed by atoms with E-state index < -0.39 is 0 Å². The van der Waals surface area contributed by atoms with Gasteiger partial charge in [0.05, 0.1) is 0 Å². The predicted octanol–water partition coefficient (Wildman–Crippen LogP) is 3.83. The van der Waals surface area contributed by atoms with Gasteiger partial charge >= 0.3 is 0 Å². The summed E-state index contributed by atoms with van der Waals surface area (Å²) < 4.78 is 1.03. The van der Waals surface area contributed by atoms with Crippen LogP contribution in [0, 0.1) is 0 Å². The Bertz CT molecular complexity index is 652. The molecule has 1 aromatic heterocycles. The Hall–Kier alpha value is -1.62. The summed E-state index contributed by atoms with van der Waals surface area (Å²) in [7, 11) is 0. The van der Waals surface area contributed by atoms with Gasteiger partial charge in [-0.05, 0) is 24.6 Å². The van der Waals surface area contributed by atoms with Gasteiger partial charge in [-0.3, -0.25) is 4.79 Å². The number of aromatic amines is 1. The normalized spacial score (nSPS) is 12.4. The molecule has 0 fully saturated rings. The fourth-order valence-corrected chi connectivity index (χ4v) is 2.32. The molecule has 0 aliphatic carbocycles. The third kappa shape index (κ3) is 3.70. The SMILES string of the molecule is CC(C)c1nc(NC(C)c2cccc(Br)c2)cc(=O)[nH]1. The molecule has 2 N–H and O–H groups in total. The van der Waals surface area contributed by atoms with E-state index in [4.69, 9.17) is 0 Å². The van der Waals surface area contributed by atoms with Crippen LogP contribution in [0.15, 0.2) is 39.6 Å². The van der Waals surface area contributed by atoms with Gasteiger partial charge in [-0.1, -0.05) is 41.9 Å². The van der Waals surface area contributed by atoms with Crippen molar-refractivity contribution in [3.63, 3.8) is 0 Å². The molecular weight excluding hydrogens is 318 g/mol. The Kier molecular flexibility index (Phi) is 4.60. The highest BCUT2D eigenvalue weighted by molar-refractivity contribution is 9.10. The molecule has 1 aromatic carbocycles. The van der Waals surface area contributed by atoms with Crippen LogP contribution < -0.4 is 10.9 Å². The fraction of sp³-hybridized carbons (Fsp3) is 0.333. The predicted molar refractivity (Wildman–Crippen MR) is 85.1 cm³/mol. The lowest BCUT2D eigenvalue weighted by atomic mass is 10.1. The number of hydrogen-bond acceptors (Lipinski definition) is 3. The second-order valence-corrected chi connectivity index (χ2v) is 6.01. The van der Waals surface area contributed by atoms with E-state index in [-0.39, 0.29) is 17.5 Å². The number of anilines is 1. The molecule has 2 rings (SSSR count). The first-order valence-electron chi connectivity index (χ1n) is 6.59. The number of nitrogens with zero attached hydrogens (tertiary/aromatic N) is 1. The molecule has 0 saturated carbocycles. The molecular formula is C15H18BrN3O. The first-order chi connectivity index (χ1) is 9.45. The third-order valence-electron chi connectivity index (χ3n) is 3.02. The molecule has 0 aliphatic rings. The summed E-state index contributed by atoms with van der Waals surface area (Å²) in [4.78, 5) is 18.8. The van der Waals surface area contributed by atoms with Gasteiger partial charge in [0.25, 0.3) is 5.56 Å². The summed E-state index contributed by atoms with van der Waals surface area (Å²) in [5, 5.41) is 3.27. The van der Waals surface area contributed by atoms with Crippen LogP contribution in [0.5, 0.6) is 0 Å². The van der Waals surface area contributed by atoms with Crippen LogP contribution in [0.2, 0.25) is 0 Å². The number of H-pyrrole nitrogens is 1. The Balaban J connectivity index is 2.23. The van der Waals surface area contributed by atoms with Gasteiger partial charge in [0, 0.05) is 22.5 Å². The molecule has 0 radical (unpaired) electrons. The second kappa shape index (κ2) is 6.22. The summed E-state index contributed by atoms with van der Waals surface area (Å²) in [6.07, 6.45) is 0. The molecule has 1 unspecified atom stereocenters. The van der Waals surface area contributed by atoms with Crippen molar-refractivity contribution in [3.05, 3.63) is 56.5 Å². The molecule has 2 aromatic rings. The van der Waals surface area contributed by atoms with Crippen LogP contribution in [-0.4, -0.2) is 9.97 Å². The van der Waals surface area contributed by atoms with Gasteiger partial charge in [0.2, 0.25) is 0 Å². The molecule has 1 atom stereocenters. The molecule has 0 spiro atoms. The smallest absolute Gasteiger partial charge is 0.252 e. The van der Waals surface area contributed by atoms with E-state index in [2.05, 4.69) is 31.2 Å². The Morgan fingerprint density at radius 3 is 2.65 bits per heavy atom. The number of aromatic nitrogens is 2. The van der Waals surface area contributed by atoms with Crippen LogP contribution >= 0.6 is 15.9 Å². The largest absolute Gasteiger partial charge is 0.363 e. The standard InChI is InChI=1S/C15H18BrN3O/c1-9(2)15-18-13(8-14(20)19-15)17-10(3)11-5-4-6-12(16)7-11/h4-10H,1-3H3,(H2,17,18,19,20). The molecule has 0 aliphatic heterocycles. The van der Waals surface area contributed by atoms with Gasteiger partial charge in [-0.2, -0.15) is 0 Å². The topological polar surface area (TPSA) is 57.8 Å². The van der Waals surface area contributed by atoms with E-state index in [1.807, 2.05) is 45.0 Å². The Morgan fingerprint density at radius 1 is 1.25 bits per heavy atom. The van der Waals surface area contributed by atoms with E-state index >= 15 is 0 Å². The Labute approximate surface area is 126 Å². The maximum Gasteiger partial charge on any atom is 0.252 e. The summed E-state index contributed by atoms with van der Waals surface area (Å²) in [6.45, 7) is 6.04. The van der Waals surface area contributed by atoms with Gasteiger partial charge in [0.1, 0.15) is 11.6 Å². The molecule has 4 nitrogen and oxygen atoms in total. The minimum Gasteiger partial charge on any atom is -0.363 e. The highest BCUT2D eigenvalue weighted by Gasteiger charge is 2.09. The van der Waals surface area contributed by atoms with Gasteiger partial charge in [-0.25, -0.2) is 4.98 Å². The summed E-state index contributed by atoms with van der Waals surface area (Å²) in [5.74, 6) is 1.48. The van der Waals surface area contributed by atoms with Crippen LogP contribution in [0.4, 0.5) is 5.82 Å². The van der Waals surface area contributed by atoms with Crippen LogP contribution in [0.3, 0.4) is 0 Å². The zero-order chi connectivity index (χ0) is 14.7. The van der Waals surface area contributed by atoms with Crippen molar-refractivity contribution in [3.8, 4) is 0 Å². The van der Waals surface area contributed by atoms with Crippen molar-refractivity contribution in [2.24, 2.45) is 0 Å². The van der Waals surface area contributed by atoms with Crippen LogP contribution in [0.25, 0.3) is 0 Å². The molecule has 0 amide bonds.